The van der Waals surface area contributed by atoms with Crippen LogP contribution in [0.3, 0.4) is 0 Å². The van der Waals surface area contributed by atoms with E-state index in [1.165, 1.54) is 12.1 Å². The molecule has 6 heteroatoms. The summed E-state index contributed by atoms with van der Waals surface area (Å²) in [5.74, 6) is 0. The number of fused-ring (bicyclic) bond motifs is 1. The third-order valence-corrected chi connectivity index (χ3v) is 5.82. The summed E-state index contributed by atoms with van der Waals surface area (Å²) < 4.78 is 28.3. The Hall–Kier alpha value is -2.36. The smallest absolute Gasteiger partial charge is 0.262 e. The van der Waals surface area contributed by atoms with E-state index in [9.17, 15) is 8.42 Å². The molecule has 0 fully saturated rings. The molecule has 3 rings (SSSR count). The van der Waals surface area contributed by atoms with Crippen molar-refractivity contribution in [2.75, 3.05) is 18.3 Å². The van der Waals surface area contributed by atoms with E-state index in [0.717, 1.165) is 30.6 Å². The molecule has 0 aromatic heterocycles. The van der Waals surface area contributed by atoms with E-state index < -0.39 is 10.0 Å². The third kappa shape index (κ3) is 3.14. The van der Waals surface area contributed by atoms with Crippen molar-refractivity contribution in [3.8, 4) is 6.07 Å². The molecule has 0 radical (unpaired) electrons. The summed E-state index contributed by atoms with van der Waals surface area (Å²) in [5, 5.41) is 8.93. The first-order valence-electron chi connectivity index (χ1n) is 7.73. The second kappa shape index (κ2) is 6.27. The highest BCUT2D eigenvalue weighted by Gasteiger charge is 2.21. The summed E-state index contributed by atoms with van der Waals surface area (Å²) in [5.41, 5.74) is 3.87. The van der Waals surface area contributed by atoms with Gasteiger partial charge in [0, 0.05) is 13.1 Å². The largest absolute Gasteiger partial charge is 0.302 e. The Kier molecular flexibility index (Phi) is 4.31. The highest BCUT2D eigenvalue weighted by Crippen LogP contribution is 2.28. The van der Waals surface area contributed by atoms with Gasteiger partial charge >= 0.3 is 0 Å². The van der Waals surface area contributed by atoms with Gasteiger partial charge in [0.05, 0.1) is 22.2 Å². The van der Waals surface area contributed by atoms with Crippen LogP contribution in [0.1, 0.15) is 22.3 Å². The third-order valence-electron chi connectivity index (χ3n) is 4.29. The Morgan fingerprint density at radius 3 is 2.75 bits per heavy atom. The van der Waals surface area contributed by atoms with Crippen LogP contribution in [0.5, 0.6) is 0 Å². The number of hydrogen-bond acceptors (Lipinski definition) is 4. The van der Waals surface area contributed by atoms with Crippen LogP contribution >= 0.6 is 0 Å². The molecule has 0 atom stereocenters. The lowest BCUT2D eigenvalue weighted by molar-refractivity contribution is 0.313. The molecule has 0 aliphatic carbocycles. The topological polar surface area (TPSA) is 73.2 Å². The zero-order valence-corrected chi connectivity index (χ0v) is 14.5. The molecule has 1 aliphatic heterocycles. The van der Waals surface area contributed by atoms with E-state index in [1.54, 1.807) is 19.1 Å². The average Bonchev–Trinajstić information content (AvgIpc) is 2.54. The normalized spacial score (nSPS) is 14.7. The van der Waals surface area contributed by atoms with Crippen molar-refractivity contribution in [3.63, 3.8) is 0 Å². The number of nitrogens with one attached hydrogen (secondary N) is 1. The van der Waals surface area contributed by atoms with E-state index in [4.69, 9.17) is 5.26 Å². The molecule has 2 aromatic carbocycles. The van der Waals surface area contributed by atoms with Gasteiger partial charge in [0.15, 0.2) is 0 Å². The molecule has 1 heterocycles. The van der Waals surface area contributed by atoms with Crippen molar-refractivity contribution in [2.24, 2.45) is 0 Å². The lowest BCUT2D eigenvalue weighted by Crippen LogP contribution is -2.27. The highest BCUT2D eigenvalue weighted by atomic mass is 32.2. The summed E-state index contributed by atoms with van der Waals surface area (Å²) in [7, 11) is -1.63. The number of aryl methyl sites for hydroxylation is 1. The molecule has 0 spiro atoms. The van der Waals surface area contributed by atoms with Crippen LogP contribution < -0.4 is 4.72 Å². The molecule has 0 unspecified atom stereocenters. The molecule has 1 N–H and O–H groups in total. The Balaban J connectivity index is 1.97. The number of likely N-dealkylation sites (N-methyl/N-ethyl adjacent to an activating group) is 1. The van der Waals surface area contributed by atoms with Gasteiger partial charge in [-0.1, -0.05) is 12.1 Å². The van der Waals surface area contributed by atoms with Gasteiger partial charge in [-0.2, -0.15) is 5.26 Å². The van der Waals surface area contributed by atoms with Crippen LogP contribution in [-0.4, -0.2) is 26.9 Å². The first-order valence-corrected chi connectivity index (χ1v) is 9.22. The van der Waals surface area contributed by atoms with E-state index >= 15 is 0 Å². The summed E-state index contributed by atoms with van der Waals surface area (Å²) >= 11 is 0. The average molecular weight is 341 g/mol. The monoisotopic (exact) mass is 341 g/mol. The Morgan fingerprint density at radius 2 is 2.04 bits per heavy atom. The number of hydrogen-bond donors (Lipinski definition) is 1. The number of benzene rings is 2. The number of nitriles is 1. The SMILES string of the molecule is Cc1cc(C#N)ccc1S(=O)(=O)Nc1cccc2c1CCN(C)C2. The fraction of sp³-hybridized carbons (Fsp3) is 0.278. The lowest BCUT2D eigenvalue weighted by Gasteiger charge is -2.27. The van der Waals surface area contributed by atoms with Gasteiger partial charge in [-0.05, 0) is 61.3 Å². The Morgan fingerprint density at radius 1 is 1.25 bits per heavy atom. The van der Waals surface area contributed by atoms with Crippen LogP contribution in [-0.2, 0) is 23.0 Å². The van der Waals surface area contributed by atoms with E-state index in [1.807, 2.05) is 18.2 Å². The van der Waals surface area contributed by atoms with Crippen molar-refractivity contribution in [2.45, 2.75) is 24.8 Å². The molecular formula is C18H19N3O2S. The van der Waals surface area contributed by atoms with Crippen molar-refractivity contribution in [1.29, 1.82) is 5.26 Å². The molecule has 124 valence electrons. The predicted octanol–water partition coefficient (Wildman–Crippen LogP) is 2.66. The van der Waals surface area contributed by atoms with Crippen molar-refractivity contribution < 1.29 is 8.42 Å². The summed E-state index contributed by atoms with van der Waals surface area (Å²) in [6.45, 7) is 3.42. The fourth-order valence-electron chi connectivity index (χ4n) is 3.07. The van der Waals surface area contributed by atoms with Crippen LogP contribution in [0, 0.1) is 18.3 Å². The van der Waals surface area contributed by atoms with Crippen LogP contribution in [0.15, 0.2) is 41.3 Å². The number of anilines is 1. The number of rotatable bonds is 3. The van der Waals surface area contributed by atoms with Crippen molar-refractivity contribution in [1.82, 2.24) is 4.90 Å². The number of sulfonamides is 1. The maximum atomic E-state index is 12.8. The first-order chi connectivity index (χ1) is 11.4. The Labute approximate surface area is 142 Å². The molecule has 0 saturated carbocycles. The van der Waals surface area contributed by atoms with Gasteiger partial charge in [-0.25, -0.2) is 8.42 Å². The second-order valence-electron chi connectivity index (χ2n) is 6.13. The number of nitrogens with zero attached hydrogens (tertiary/aromatic N) is 2. The minimum atomic E-state index is -3.69. The minimum absolute atomic E-state index is 0.201. The zero-order chi connectivity index (χ0) is 17.3. The zero-order valence-electron chi connectivity index (χ0n) is 13.7. The van der Waals surface area contributed by atoms with Crippen LogP contribution in [0.4, 0.5) is 5.69 Å². The van der Waals surface area contributed by atoms with Crippen molar-refractivity contribution in [3.05, 3.63) is 58.7 Å². The molecular weight excluding hydrogens is 322 g/mol. The highest BCUT2D eigenvalue weighted by molar-refractivity contribution is 7.92. The molecule has 2 aromatic rings. The standard InChI is InChI=1S/C18H19N3O2S/c1-13-10-14(11-19)6-7-18(13)24(22,23)20-17-5-3-4-15-12-21(2)9-8-16(15)17/h3-7,10,20H,8-9,12H2,1-2H3. The quantitative estimate of drug-likeness (QED) is 0.931. The van der Waals surface area contributed by atoms with Gasteiger partial charge in [0.2, 0.25) is 0 Å². The van der Waals surface area contributed by atoms with Gasteiger partial charge in [0.25, 0.3) is 10.0 Å². The fourth-order valence-corrected chi connectivity index (χ4v) is 4.39. The van der Waals surface area contributed by atoms with Gasteiger partial charge in [-0.15, -0.1) is 0 Å². The maximum Gasteiger partial charge on any atom is 0.262 e. The second-order valence-corrected chi connectivity index (χ2v) is 7.78. The molecule has 24 heavy (non-hydrogen) atoms. The Bertz CT molecular complexity index is 930. The summed E-state index contributed by atoms with van der Waals surface area (Å²) in [4.78, 5) is 2.41. The van der Waals surface area contributed by atoms with Gasteiger partial charge in [0.1, 0.15) is 0 Å². The molecule has 5 nitrogen and oxygen atoms in total. The van der Waals surface area contributed by atoms with E-state index in [2.05, 4.69) is 16.7 Å². The summed E-state index contributed by atoms with van der Waals surface area (Å²) in [6, 6.07) is 12.3. The van der Waals surface area contributed by atoms with Crippen LogP contribution in [0.2, 0.25) is 0 Å². The molecule has 0 saturated heterocycles. The van der Waals surface area contributed by atoms with Crippen molar-refractivity contribution >= 4 is 15.7 Å². The first kappa shape index (κ1) is 16.5. The molecule has 1 aliphatic rings. The van der Waals surface area contributed by atoms with Gasteiger partial charge < -0.3 is 4.90 Å². The minimum Gasteiger partial charge on any atom is -0.302 e. The lowest BCUT2D eigenvalue weighted by atomic mass is 9.98. The maximum absolute atomic E-state index is 12.8. The van der Waals surface area contributed by atoms with Crippen LogP contribution in [0.25, 0.3) is 0 Å². The molecule has 0 amide bonds. The van der Waals surface area contributed by atoms with Gasteiger partial charge in [-0.3, -0.25) is 4.72 Å². The predicted molar refractivity (Wildman–Crippen MR) is 93.2 cm³/mol. The van der Waals surface area contributed by atoms with E-state index in [0.29, 0.717) is 16.8 Å². The summed E-state index contributed by atoms with van der Waals surface area (Å²) in [6.07, 6.45) is 0.816. The molecule has 0 bridgehead atoms. The van der Waals surface area contributed by atoms with E-state index in [-0.39, 0.29) is 4.90 Å².